The van der Waals surface area contributed by atoms with Gasteiger partial charge in [0.05, 0.1) is 11.6 Å². The van der Waals surface area contributed by atoms with Gasteiger partial charge >= 0.3 is 0 Å². The number of halogens is 1. The minimum absolute atomic E-state index is 0.00756. The molecule has 7 nitrogen and oxygen atoms in total. The Balaban J connectivity index is 2.22. The third-order valence-electron chi connectivity index (χ3n) is 3.34. The molecular formula is C15H16FN5O2S. The molecule has 0 radical (unpaired) electrons. The van der Waals surface area contributed by atoms with Crippen LogP contribution in [0.1, 0.15) is 19.9 Å². The van der Waals surface area contributed by atoms with Crippen molar-refractivity contribution in [2.24, 2.45) is 0 Å². The molecule has 0 unspecified atom stereocenters. The van der Waals surface area contributed by atoms with E-state index in [0.29, 0.717) is 16.7 Å². The van der Waals surface area contributed by atoms with Crippen molar-refractivity contribution in [2.75, 3.05) is 11.6 Å². The largest absolute Gasteiger partial charge is 0.339 e. The highest BCUT2D eigenvalue weighted by Gasteiger charge is 2.19. The van der Waals surface area contributed by atoms with Crippen LogP contribution in [0, 0.1) is 5.82 Å². The summed E-state index contributed by atoms with van der Waals surface area (Å²) < 4.78 is 38.8. The summed E-state index contributed by atoms with van der Waals surface area (Å²) >= 11 is 0. The topological polar surface area (TPSA) is 89.8 Å². The highest BCUT2D eigenvalue weighted by molar-refractivity contribution is 7.90. The molecular weight excluding hydrogens is 333 g/mol. The van der Waals surface area contributed by atoms with E-state index in [2.05, 4.69) is 20.4 Å². The molecule has 9 heteroatoms. The number of fused-ring (bicyclic) bond motifs is 1. The lowest BCUT2D eigenvalue weighted by Gasteiger charge is -2.10. The molecule has 0 aliphatic heterocycles. The fourth-order valence-electron chi connectivity index (χ4n) is 2.25. The molecule has 0 spiro atoms. The van der Waals surface area contributed by atoms with Gasteiger partial charge in [-0.25, -0.2) is 17.5 Å². The Hall–Kier alpha value is -2.55. The zero-order valence-electron chi connectivity index (χ0n) is 13.4. The van der Waals surface area contributed by atoms with E-state index in [-0.39, 0.29) is 17.0 Å². The van der Waals surface area contributed by atoms with E-state index in [9.17, 15) is 12.8 Å². The Morgan fingerprint density at radius 1 is 1.25 bits per heavy atom. The van der Waals surface area contributed by atoms with Gasteiger partial charge in [0.2, 0.25) is 9.84 Å². The maximum absolute atomic E-state index is 13.4. The second-order valence-electron chi connectivity index (χ2n) is 5.68. The predicted octanol–water partition coefficient (Wildman–Crippen LogP) is 2.69. The van der Waals surface area contributed by atoms with Crippen molar-refractivity contribution in [2.45, 2.75) is 25.0 Å². The molecule has 0 fully saturated rings. The van der Waals surface area contributed by atoms with Gasteiger partial charge in [-0.15, -0.1) is 0 Å². The molecule has 3 rings (SSSR count). The molecule has 0 bridgehead atoms. The number of hydrogen-bond acceptors (Lipinski definition) is 6. The van der Waals surface area contributed by atoms with Crippen LogP contribution >= 0.6 is 0 Å². The summed E-state index contributed by atoms with van der Waals surface area (Å²) in [7, 11) is -3.61. The quantitative estimate of drug-likeness (QED) is 0.729. The zero-order valence-corrected chi connectivity index (χ0v) is 14.2. The van der Waals surface area contributed by atoms with Crippen LogP contribution in [0.2, 0.25) is 0 Å². The molecule has 3 aromatic rings. The highest BCUT2D eigenvalue weighted by Crippen LogP contribution is 2.26. The summed E-state index contributed by atoms with van der Waals surface area (Å²) in [5.41, 5.74) is 0.853. The van der Waals surface area contributed by atoms with Gasteiger partial charge in [0.1, 0.15) is 11.6 Å². The molecule has 0 saturated heterocycles. The van der Waals surface area contributed by atoms with E-state index in [1.54, 1.807) is 23.0 Å². The summed E-state index contributed by atoms with van der Waals surface area (Å²) in [6.45, 7) is 3.82. The van der Waals surface area contributed by atoms with Gasteiger partial charge in [-0.3, -0.25) is 0 Å². The van der Waals surface area contributed by atoms with Crippen LogP contribution in [0.3, 0.4) is 0 Å². The second-order valence-corrected chi connectivity index (χ2v) is 7.59. The van der Waals surface area contributed by atoms with Crippen molar-refractivity contribution in [3.63, 3.8) is 0 Å². The maximum atomic E-state index is 13.4. The van der Waals surface area contributed by atoms with Crippen LogP contribution in [0.15, 0.2) is 35.6 Å². The molecule has 0 saturated carbocycles. The minimum Gasteiger partial charge on any atom is -0.339 e. The van der Waals surface area contributed by atoms with Crippen LogP contribution < -0.4 is 5.32 Å². The Kier molecular flexibility index (Phi) is 3.96. The molecule has 0 atom stereocenters. The number of rotatable bonds is 4. The first-order valence-corrected chi connectivity index (χ1v) is 9.13. The molecule has 1 N–H and O–H groups in total. The first kappa shape index (κ1) is 16.3. The molecule has 1 aromatic carbocycles. The van der Waals surface area contributed by atoms with Crippen LogP contribution in [0.4, 0.5) is 15.9 Å². The van der Waals surface area contributed by atoms with Crippen LogP contribution in [-0.2, 0) is 9.84 Å². The Bertz CT molecular complexity index is 1010. The van der Waals surface area contributed by atoms with Crippen molar-refractivity contribution >= 4 is 32.4 Å². The van der Waals surface area contributed by atoms with E-state index in [1.807, 2.05) is 13.8 Å². The normalized spacial score (nSPS) is 12.0. The smallest absolute Gasteiger partial charge is 0.250 e. The lowest BCUT2D eigenvalue weighted by atomic mass is 10.3. The molecule has 0 amide bonds. The fourth-order valence-corrected chi connectivity index (χ4v) is 2.76. The number of hydrogen-bond donors (Lipinski definition) is 1. The van der Waals surface area contributed by atoms with Crippen molar-refractivity contribution < 1.29 is 12.8 Å². The SMILES string of the molecule is CC(C)n1ncc2c(Nc3cccc(F)c3)nc(S(C)(=O)=O)nc21. The van der Waals surface area contributed by atoms with E-state index in [0.717, 1.165) is 6.26 Å². The first-order valence-electron chi connectivity index (χ1n) is 7.23. The van der Waals surface area contributed by atoms with Gasteiger partial charge in [0.25, 0.3) is 5.16 Å². The van der Waals surface area contributed by atoms with Crippen molar-refractivity contribution in [3.05, 3.63) is 36.3 Å². The number of sulfone groups is 1. The molecule has 0 aliphatic rings. The summed E-state index contributed by atoms with van der Waals surface area (Å²) in [5, 5.41) is 7.43. The van der Waals surface area contributed by atoms with E-state index in [1.165, 1.54) is 12.1 Å². The first-order chi connectivity index (χ1) is 11.3. The average molecular weight is 349 g/mol. The van der Waals surface area contributed by atoms with Gasteiger partial charge in [-0.1, -0.05) is 6.07 Å². The molecule has 24 heavy (non-hydrogen) atoms. The number of nitrogens with zero attached hydrogens (tertiary/aromatic N) is 4. The number of aromatic nitrogens is 4. The maximum Gasteiger partial charge on any atom is 0.250 e. The Morgan fingerprint density at radius 2 is 2.00 bits per heavy atom. The highest BCUT2D eigenvalue weighted by atomic mass is 32.2. The third kappa shape index (κ3) is 3.07. The summed E-state index contributed by atoms with van der Waals surface area (Å²) in [4.78, 5) is 8.22. The number of benzene rings is 1. The standard InChI is InChI=1S/C15H16FN5O2S/c1-9(2)21-14-12(8-17-21)13(19-15(20-14)24(3,22)23)18-11-6-4-5-10(16)7-11/h4-9H,1-3H3,(H,18,19,20). The number of nitrogens with one attached hydrogen (secondary N) is 1. The summed E-state index contributed by atoms with van der Waals surface area (Å²) in [6.07, 6.45) is 2.60. The third-order valence-corrected chi connectivity index (χ3v) is 4.19. The van der Waals surface area contributed by atoms with Gasteiger partial charge < -0.3 is 5.32 Å². The lowest BCUT2D eigenvalue weighted by molar-refractivity contribution is 0.543. The summed E-state index contributed by atoms with van der Waals surface area (Å²) in [5.74, 6) is -0.149. The Morgan fingerprint density at radius 3 is 2.62 bits per heavy atom. The van der Waals surface area contributed by atoms with Crippen LogP contribution in [0.25, 0.3) is 11.0 Å². The van der Waals surface area contributed by atoms with Gasteiger partial charge in [-0.2, -0.15) is 15.1 Å². The molecule has 2 aromatic heterocycles. The van der Waals surface area contributed by atoms with Crippen LogP contribution in [-0.4, -0.2) is 34.4 Å². The van der Waals surface area contributed by atoms with E-state index >= 15 is 0 Å². The van der Waals surface area contributed by atoms with Crippen molar-refractivity contribution in [1.82, 2.24) is 19.7 Å². The minimum atomic E-state index is -3.61. The summed E-state index contributed by atoms with van der Waals surface area (Å²) in [6, 6.07) is 5.81. The second kappa shape index (κ2) is 5.82. The fraction of sp³-hybridized carbons (Fsp3) is 0.267. The van der Waals surface area contributed by atoms with Crippen molar-refractivity contribution in [1.29, 1.82) is 0 Å². The zero-order chi connectivity index (χ0) is 17.5. The van der Waals surface area contributed by atoms with Crippen LogP contribution in [0.5, 0.6) is 0 Å². The lowest BCUT2D eigenvalue weighted by Crippen LogP contribution is -2.10. The van der Waals surface area contributed by atoms with E-state index in [4.69, 9.17) is 0 Å². The number of anilines is 2. The van der Waals surface area contributed by atoms with Gasteiger partial charge in [0.15, 0.2) is 5.65 Å². The monoisotopic (exact) mass is 349 g/mol. The predicted molar refractivity (Wildman–Crippen MR) is 88.5 cm³/mol. The average Bonchev–Trinajstić information content (AvgIpc) is 2.90. The molecule has 126 valence electrons. The van der Waals surface area contributed by atoms with Gasteiger partial charge in [0, 0.05) is 18.0 Å². The van der Waals surface area contributed by atoms with E-state index < -0.39 is 15.7 Å². The van der Waals surface area contributed by atoms with Crippen molar-refractivity contribution in [3.8, 4) is 0 Å². The van der Waals surface area contributed by atoms with Gasteiger partial charge in [-0.05, 0) is 32.0 Å². The molecule has 0 aliphatic carbocycles. The molecule has 2 heterocycles. The Labute approximate surface area is 138 Å².